The van der Waals surface area contributed by atoms with Crippen LogP contribution in [0, 0.1) is 12.7 Å². The van der Waals surface area contributed by atoms with Crippen molar-refractivity contribution in [1.82, 2.24) is 14.9 Å². The number of aromatic nitrogens is 2. The average molecular weight is 440 g/mol. The van der Waals surface area contributed by atoms with E-state index in [1.165, 1.54) is 12.1 Å². The molecule has 3 rings (SSSR count). The molecule has 0 amide bonds. The lowest BCUT2D eigenvalue weighted by Gasteiger charge is -2.21. The summed E-state index contributed by atoms with van der Waals surface area (Å²) in [6.07, 6.45) is 2.75. The maximum absolute atomic E-state index is 13.7. The fourth-order valence-electron chi connectivity index (χ4n) is 2.97. The molecule has 2 unspecified atom stereocenters. The van der Waals surface area contributed by atoms with Crippen LogP contribution in [0.5, 0.6) is 5.75 Å². The average Bonchev–Trinajstić information content (AvgIpc) is 3.07. The smallest absolute Gasteiger partial charge is 0.130 e. The number of hydrogen-bond donors (Lipinski definition) is 2. The molecule has 0 aliphatic rings. The van der Waals surface area contributed by atoms with E-state index in [9.17, 15) is 9.50 Å². The molecule has 8 heteroatoms. The van der Waals surface area contributed by atoms with Crippen LogP contribution in [0.15, 0.2) is 54.9 Å². The first kappa shape index (κ1) is 23.2. The molecule has 2 aromatic carbocycles. The number of nitrogens with zero attached hydrogens (tertiary/aromatic N) is 2. The second-order valence-corrected chi connectivity index (χ2v) is 7.10. The molecular formula is C21H24Cl2FN3O2. The Balaban J connectivity index is 0.00000300. The van der Waals surface area contributed by atoms with Gasteiger partial charge >= 0.3 is 0 Å². The lowest BCUT2D eigenvalue weighted by Crippen LogP contribution is -2.35. The van der Waals surface area contributed by atoms with Crippen molar-refractivity contribution in [3.8, 4) is 5.75 Å². The first-order valence-electron chi connectivity index (χ1n) is 8.97. The number of benzene rings is 2. The minimum atomic E-state index is -0.758. The van der Waals surface area contributed by atoms with Gasteiger partial charge in [-0.1, -0.05) is 23.7 Å². The first-order chi connectivity index (χ1) is 13.4. The monoisotopic (exact) mass is 439 g/mol. The van der Waals surface area contributed by atoms with E-state index in [2.05, 4.69) is 10.3 Å². The van der Waals surface area contributed by atoms with Gasteiger partial charge in [-0.3, -0.25) is 0 Å². The van der Waals surface area contributed by atoms with E-state index in [1.54, 1.807) is 24.4 Å². The largest absolute Gasteiger partial charge is 0.491 e. The third kappa shape index (κ3) is 6.18. The normalized spacial score (nSPS) is 12.9. The molecule has 0 saturated carbocycles. The van der Waals surface area contributed by atoms with Gasteiger partial charge in [-0.05, 0) is 48.4 Å². The van der Waals surface area contributed by atoms with Gasteiger partial charge in [0.15, 0.2) is 0 Å². The van der Waals surface area contributed by atoms with Gasteiger partial charge in [0.1, 0.15) is 30.1 Å². The van der Waals surface area contributed by atoms with Gasteiger partial charge in [-0.15, -0.1) is 12.4 Å². The van der Waals surface area contributed by atoms with Crippen molar-refractivity contribution in [2.24, 2.45) is 7.05 Å². The Labute approximate surface area is 180 Å². The van der Waals surface area contributed by atoms with Crippen molar-refractivity contribution in [3.63, 3.8) is 0 Å². The van der Waals surface area contributed by atoms with Crippen LogP contribution in [-0.2, 0) is 7.05 Å². The number of ether oxygens (including phenoxy) is 1. The Morgan fingerprint density at radius 1 is 1.28 bits per heavy atom. The molecule has 2 atom stereocenters. The summed E-state index contributed by atoms with van der Waals surface area (Å²) in [6, 6.07) is 11.3. The summed E-state index contributed by atoms with van der Waals surface area (Å²) in [7, 11) is 1.87. The fraction of sp³-hybridized carbons (Fsp3) is 0.286. The molecule has 29 heavy (non-hydrogen) atoms. The van der Waals surface area contributed by atoms with Crippen LogP contribution in [0.3, 0.4) is 0 Å². The quantitative estimate of drug-likeness (QED) is 0.555. The SMILES string of the molecule is Cc1cc(Cl)ccc1OCC(O)CNC(c1cccc(F)c1)c1nccn1C.Cl. The van der Waals surface area contributed by atoms with Crippen LogP contribution in [-0.4, -0.2) is 33.9 Å². The molecule has 1 aromatic heterocycles. The zero-order valence-corrected chi connectivity index (χ0v) is 17.8. The minimum Gasteiger partial charge on any atom is -0.491 e. The van der Waals surface area contributed by atoms with Gasteiger partial charge in [0.25, 0.3) is 0 Å². The number of hydrogen-bond acceptors (Lipinski definition) is 4. The summed E-state index contributed by atoms with van der Waals surface area (Å²) in [5.74, 6) is 1.09. The zero-order valence-electron chi connectivity index (χ0n) is 16.2. The van der Waals surface area contributed by atoms with E-state index in [4.69, 9.17) is 16.3 Å². The van der Waals surface area contributed by atoms with Crippen molar-refractivity contribution in [2.75, 3.05) is 13.2 Å². The lowest BCUT2D eigenvalue weighted by atomic mass is 10.1. The summed E-state index contributed by atoms with van der Waals surface area (Å²) < 4.78 is 21.3. The summed E-state index contributed by atoms with van der Waals surface area (Å²) in [6.45, 7) is 2.26. The van der Waals surface area contributed by atoms with E-state index in [1.807, 2.05) is 36.9 Å². The fourth-order valence-corrected chi connectivity index (χ4v) is 3.20. The second-order valence-electron chi connectivity index (χ2n) is 6.67. The van der Waals surface area contributed by atoms with Crippen molar-refractivity contribution in [3.05, 3.63) is 82.6 Å². The molecule has 1 heterocycles. The third-order valence-electron chi connectivity index (χ3n) is 4.42. The zero-order chi connectivity index (χ0) is 20.1. The number of halogens is 3. The van der Waals surface area contributed by atoms with Crippen LogP contribution in [0.4, 0.5) is 4.39 Å². The molecule has 2 N–H and O–H groups in total. The highest BCUT2D eigenvalue weighted by Gasteiger charge is 2.20. The molecule has 0 spiro atoms. The Morgan fingerprint density at radius 3 is 2.72 bits per heavy atom. The molecule has 5 nitrogen and oxygen atoms in total. The number of aryl methyl sites for hydroxylation is 2. The highest BCUT2D eigenvalue weighted by molar-refractivity contribution is 6.30. The first-order valence-corrected chi connectivity index (χ1v) is 9.35. The standard InChI is InChI=1S/C21H23ClFN3O2.ClH/c1-14-10-16(22)6-7-19(14)28-13-18(27)12-25-20(21-24-8-9-26(21)2)15-4-3-5-17(23)11-15;/h3-11,18,20,25,27H,12-13H2,1-2H3;1H. The van der Waals surface area contributed by atoms with Crippen LogP contribution < -0.4 is 10.1 Å². The molecule has 0 aliphatic carbocycles. The van der Waals surface area contributed by atoms with Crippen LogP contribution in [0.1, 0.15) is 23.0 Å². The molecular weight excluding hydrogens is 416 g/mol. The summed E-state index contributed by atoms with van der Waals surface area (Å²) in [5.41, 5.74) is 1.63. The van der Waals surface area contributed by atoms with E-state index in [-0.39, 0.29) is 37.4 Å². The van der Waals surface area contributed by atoms with E-state index < -0.39 is 6.10 Å². The Kier molecular flexibility index (Phi) is 8.46. The van der Waals surface area contributed by atoms with Crippen molar-refractivity contribution in [2.45, 2.75) is 19.1 Å². The van der Waals surface area contributed by atoms with Gasteiger partial charge in [0.2, 0.25) is 0 Å². The summed E-state index contributed by atoms with van der Waals surface area (Å²) in [5, 5.41) is 14.3. The van der Waals surface area contributed by atoms with Crippen molar-refractivity contribution < 1.29 is 14.2 Å². The summed E-state index contributed by atoms with van der Waals surface area (Å²) >= 11 is 5.95. The molecule has 0 radical (unpaired) electrons. The second kappa shape index (κ2) is 10.6. The molecule has 156 valence electrons. The maximum atomic E-state index is 13.7. The molecule has 0 saturated heterocycles. The van der Waals surface area contributed by atoms with Gasteiger partial charge in [0, 0.05) is 31.0 Å². The number of aliphatic hydroxyl groups is 1. The Bertz CT molecular complexity index is 936. The van der Waals surface area contributed by atoms with Gasteiger partial charge in [-0.25, -0.2) is 9.37 Å². The number of aliphatic hydroxyl groups excluding tert-OH is 1. The highest BCUT2D eigenvalue weighted by atomic mass is 35.5. The third-order valence-corrected chi connectivity index (χ3v) is 4.66. The topological polar surface area (TPSA) is 59.3 Å². The van der Waals surface area contributed by atoms with Crippen LogP contribution in [0.25, 0.3) is 0 Å². The van der Waals surface area contributed by atoms with Crippen LogP contribution in [0.2, 0.25) is 5.02 Å². The Hall–Kier alpha value is -2.12. The Morgan fingerprint density at radius 2 is 2.07 bits per heavy atom. The predicted octanol–water partition coefficient (Wildman–Crippen LogP) is 4.06. The minimum absolute atomic E-state index is 0. The maximum Gasteiger partial charge on any atom is 0.130 e. The van der Waals surface area contributed by atoms with E-state index >= 15 is 0 Å². The molecule has 0 fully saturated rings. The molecule has 0 aliphatic heterocycles. The number of nitrogens with one attached hydrogen (secondary N) is 1. The van der Waals surface area contributed by atoms with Crippen molar-refractivity contribution in [1.29, 1.82) is 0 Å². The van der Waals surface area contributed by atoms with Crippen LogP contribution >= 0.6 is 24.0 Å². The van der Waals surface area contributed by atoms with Gasteiger partial charge in [0.05, 0.1) is 6.04 Å². The van der Waals surface area contributed by atoms with Gasteiger partial charge < -0.3 is 19.7 Å². The molecule has 3 aromatic rings. The number of rotatable bonds is 8. The van der Waals surface area contributed by atoms with Gasteiger partial charge in [-0.2, -0.15) is 0 Å². The lowest BCUT2D eigenvalue weighted by molar-refractivity contribution is 0.104. The van der Waals surface area contributed by atoms with E-state index in [0.717, 1.165) is 17.0 Å². The predicted molar refractivity (Wildman–Crippen MR) is 114 cm³/mol. The molecule has 0 bridgehead atoms. The highest BCUT2D eigenvalue weighted by Crippen LogP contribution is 2.23. The van der Waals surface area contributed by atoms with Crippen molar-refractivity contribution >= 4 is 24.0 Å². The summed E-state index contributed by atoms with van der Waals surface area (Å²) in [4.78, 5) is 4.37. The van der Waals surface area contributed by atoms with E-state index in [0.29, 0.717) is 10.8 Å². The number of imidazole rings is 1.